The molecular formula is C17H24N4O3. The van der Waals surface area contributed by atoms with E-state index in [-0.39, 0.29) is 17.7 Å². The number of hydrogen-bond donors (Lipinski definition) is 1. The first-order valence-electron chi connectivity index (χ1n) is 8.51. The van der Waals surface area contributed by atoms with Gasteiger partial charge in [-0.3, -0.25) is 9.59 Å². The molecule has 130 valence electrons. The minimum atomic E-state index is -0.249. The highest BCUT2D eigenvalue weighted by Crippen LogP contribution is 2.20. The lowest BCUT2D eigenvalue weighted by Gasteiger charge is -2.29. The second kappa shape index (κ2) is 7.61. The number of ether oxygens (including phenoxy) is 1. The number of carbonyl (C=O) groups is 2. The Morgan fingerprint density at radius 1 is 1.42 bits per heavy atom. The Bertz CT molecular complexity index is 601. The average molecular weight is 332 g/mol. The van der Waals surface area contributed by atoms with Crippen molar-refractivity contribution in [3.63, 3.8) is 0 Å². The van der Waals surface area contributed by atoms with E-state index in [1.165, 1.54) is 0 Å². The largest absolute Gasteiger partial charge is 0.378 e. The Morgan fingerprint density at radius 2 is 2.21 bits per heavy atom. The van der Waals surface area contributed by atoms with Crippen molar-refractivity contribution in [2.24, 2.45) is 5.92 Å². The Morgan fingerprint density at radius 3 is 2.92 bits per heavy atom. The van der Waals surface area contributed by atoms with Crippen LogP contribution in [0, 0.1) is 5.92 Å². The number of nitrogens with one attached hydrogen (secondary N) is 1. The number of amides is 2. The molecule has 1 N–H and O–H groups in total. The third-order valence-corrected chi connectivity index (χ3v) is 4.60. The maximum Gasteiger partial charge on any atom is 0.225 e. The summed E-state index contributed by atoms with van der Waals surface area (Å²) >= 11 is 0. The lowest BCUT2D eigenvalue weighted by atomic mass is 10.1. The van der Waals surface area contributed by atoms with E-state index in [4.69, 9.17) is 4.74 Å². The number of nitrogens with zero attached hydrogens (tertiary/aromatic N) is 3. The van der Waals surface area contributed by atoms with Crippen molar-refractivity contribution in [3.05, 3.63) is 23.9 Å². The van der Waals surface area contributed by atoms with Gasteiger partial charge in [-0.1, -0.05) is 6.07 Å². The zero-order valence-electron chi connectivity index (χ0n) is 14.0. The number of carbonyl (C=O) groups excluding carboxylic acids is 2. The van der Waals surface area contributed by atoms with Gasteiger partial charge in [0, 0.05) is 50.9 Å². The second-order valence-electron chi connectivity index (χ2n) is 6.14. The number of likely N-dealkylation sites (tertiary alicyclic amines) is 1. The van der Waals surface area contributed by atoms with Crippen LogP contribution in [0.4, 0.5) is 5.82 Å². The average Bonchev–Trinajstić information content (AvgIpc) is 3.01. The summed E-state index contributed by atoms with van der Waals surface area (Å²) in [4.78, 5) is 32.5. The third-order valence-electron chi connectivity index (χ3n) is 4.60. The summed E-state index contributed by atoms with van der Waals surface area (Å²) in [5.41, 5.74) is 0.990. The third kappa shape index (κ3) is 3.67. The van der Waals surface area contributed by atoms with Crippen LogP contribution in [0.15, 0.2) is 18.3 Å². The zero-order valence-corrected chi connectivity index (χ0v) is 14.0. The molecule has 7 nitrogen and oxygen atoms in total. The summed E-state index contributed by atoms with van der Waals surface area (Å²) in [6.45, 7) is 6.54. The molecule has 2 saturated heterocycles. The predicted molar refractivity (Wildman–Crippen MR) is 89.5 cm³/mol. The number of anilines is 1. The Hall–Kier alpha value is -2.15. The van der Waals surface area contributed by atoms with Crippen molar-refractivity contribution in [2.45, 2.75) is 19.9 Å². The van der Waals surface area contributed by atoms with Gasteiger partial charge < -0.3 is 19.9 Å². The van der Waals surface area contributed by atoms with E-state index in [9.17, 15) is 9.59 Å². The number of morpholine rings is 1. The van der Waals surface area contributed by atoms with Gasteiger partial charge in [0.1, 0.15) is 5.82 Å². The van der Waals surface area contributed by atoms with E-state index in [1.54, 1.807) is 11.1 Å². The molecule has 2 aliphatic rings. The first kappa shape index (κ1) is 16.7. The summed E-state index contributed by atoms with van der Waals surface area (Å²) in [6.07, 6.45) is 2.08. The number of pyridine rings is 1. The summed E-state index contributed by atoms with van der Waals surface area (Å²) in [5, 5.41) is 2.97. The fourth-order valence-electron chi connectivity index (χ4n) is 3.21. The molecule has 24 heavy (non-hydrogen) atoms. The minimum absolute atomic E-state index is 0.0592. The molecule has 3 rings (SSSR count). The van der Waals surface area contributed by atoms with Crippen LogP contribution in [0.5, 0.6) is 0 Å². The summed E-state index contributed by atoms with van der Waals surface area (Å²) in [5.74, 6) is 0.656. The zero-order chi connectivity index (χ0) is 16.9. The highest BCUT2D eigenvalue weighted by molar-refractivity contribution is 5.89. The van der Waals surface area contributed by atoms with Gasteiger partial charge in [-0.2, -0.15) is 0 Å². The quantitative estimate of drug-likeness (QED) is 0.845. The summed E-state index contributed by atoms with van der Waals surface area (Å²) in [6, 6.07) is 3.86. The Kier molecular flexibility index (Phi) is 5.30. The minimum Gasteiger partial charge on any atom is -0.378 e. The monoisotopic (exact) mass is 332 g/mol. The SMILES string of the molecule is CCN1C[C@@H](C(=O)NCc2cccnc2N2CCOCC2)CC1=O. The first-order valence-corrected chi connectivity index (χ1v) is 8.51. The molecule has 2 fully saturated rings. The van der Waals surface area contributed by atoms with Gasteiger partial charge in [-0.05, 0) is 13.0 Å². The Labute approximate surface area is 142 Å². The van der Waals surface area contributed by atoms with Crippen LogP contribution < -0.4 is 10.2 Å². The molecule has 1 aromatic rings. The van der Waals surface area contributed by atoms with Crippen LogP contribution in [-0.2, 0) is 20.9 Å². The van der Waals surface area contributed by atoms with E-state index in [0.717, 1.165) is 24.5 Å². The molecule has 0 aliphatic carbocycles. The fraction of sp³-hybridized carbons (Fsp3) is 0.588. The van der Waals surface area contributed by atoms with Crippen molar-refractivity contribution in [1.82, 2.24) is 15.2 Å². The first-order chi connectivity index (χ1) is 11.7. The maximum absolute atomic E-state index is 12.4. The molecule has 0 saturated carbocycles. The number of hydrogen-bond acceptors (Lipinski definition) is 5. The van der Waals surface area contributed by atoms with Gasteiger partial charge in [0.15, 0.2) is 0 Å². The van der Waals surface area contributed by atoms with Crippen LogP contribution in [0.25, 0.3) is 0 Å². The maximum atomic E-state index is 12.4. The van der Waals surface area contributed by atoms with Crippen molar-refractivity contribution < 1.29 is 14.3 Å². The molecule has 1 atom stereocenters. The molecular weight excluding hydrogens is 308 g/mol. The van der Waals surface area contributed by atoms with Crippen molar-refractivity contribution in [3.8, 4) is 0 Å². The molecule has 0 radical (unpaired) electrons. The van der Waals surface area contributed by atoms with E-state index in [0.29, 0.717) is 39.3 Å². The van der Waals surface area contributed by atoms with Gasteiger partial charge in [0.2, 0.25) is 11.8 Å². The van der Waals surface area contributed by atoms with Crippen LogP contribution >= 0.6 is 0 Å². The standard InChI is InChI=1S/C17H24N4O3/c1-2-20-12-14(10-15(20)22)17(23)19-11-13-4-3-5-18-16(13)21-6-8-24-9-7-21/h3-5,14H,2,6-12H2,1H3,(H,19,23)/t14-/m0/s1. The molecule has 0 spiro atoms. The second-order valence-corrected chi connectivity index (χ2v) is 6.14. The molecule has 0 bridgehead atoms. The fourth-order valence-corrected chi connectivity index (χ4v) is 3.21. The molecule has 7 heteroatoms. The molecule has 1 aromatic heterocycles. The number of aromatic nitrogens is 1. The van der Waals surface area contributed by atoms with E-state index in [1.807, 2.05) is 19.1 Å². The lowest BCUT2D eigenvalue weighted by molar-refractivity contribution is -0.128. The summed E-state index contributed by atoms with van der Waals surface area (Å²) in [7, 11) is 0. The molecule has 0 unspecified atom stereocenters. The molecule has 2 amide bonds. The van der Waals surface area contributed by atoms with Crippen molar-refractivity contribution >= 4 is 17.6 Å². The van der Waals surface area contributed by atoms with Gasteiger partial charge >= 0.3 is 0 Å². The van der Waals surface area contributed by atoms with Gasteiger partial charge in [-0.15, -0.1) is 0 Å². The number of rotatable bonds is 5. The highest BCUT2D eigenvalue weighted by Gasteiger charge is 2.33. The normalized spacial score (nSPS) is 21.2. The van der Waals surface area contributed by atoms with Crippen LogP contribution in [-0.4, -0.2) is 61.1 Å². The van der Waals surface area contributed by atoms with E-state index >= 15 is 0 Å². The van der Waals surface area contributed by atoms with E-state index < -0.39 is 0 Å². The van der Waals surface area contributed by atoms with Gasteiger partial charge in [0.25, 0.3) is 0 Å². The highest BCUT2D eigenvalue weighted by atomic mass is 16.5. The van der Waals surface area contributed by atoms with Crippen molar-refractivity contribution in [1.29, 1.82) is 0 Å². The predicted octanol–water partition coefficient (Wildman–Crippen LogP) is 0.403. The van der Waals surface area contributed by atoms with Crippen LogP contribution in [0.2, 0.25) is 0 Å². The molecule has 0 aromatic carbocycles. The topological polar surface area (TPSA) is 74.8 Å². The Balaban J connectivity index is 1.60. The molecule has 2 aliphatic heterocycles. The van der Waals surface area contributed by atoms with Gasteiger partial charge in [0.05, 0.1) is 19.1 Å². The van der Waals surface area contributed by atoms with Crippen LogP contribution in [0.1, 0.15) is 18.9 Å². The lowest BCUT2D eigenvalue weighted by Crippen LogP contribution is -2.38. The molecule has 3 heterocycles. The van der Waals surface area contributed by atoms with Crippen LogP contribution in [0.3, 0.4) is 0 Å². The van der Waals surface area contributed by atoms with Gasteiger partial charge in [-0.25, -0.2) is 4.98 Å². The summed E-state index contributed by atoms with van der Waals surface area (Å²) < 4.78 is 5.38. The van der Waals surface area contributed by atoms with Crippen molar-refractivity contribution in [2.75, 3.05) is 44.3 Å². The van der Waals surface area contributed by atoms with E-state index in [2.05, 4.69) is 15.2 Å². The smallest absolute Gasteiger partial charge is 0.225 e.